The summed E-state index contributed by atoms with van der Waals surface area (Å²) >= 11 is 0. The lowest BCUT2D eigenvalue weighted by Gasteiger charge is -2.33. The monoisotopic (exact) mass is 389 g/mol. The van der Waals surface area contributed by atoms with Gasteiger partial charge in [0.2, 0.25) is 0 Å². The third kappa shape index (κ3) is 4.49. The van der Waals surface area contributed by atoms with Crippen LogP contribution in [0.1, 0.15) is 50.0 Å². The predicted molar refractivity (Wildman–Crippen MR) is 101 cm³/mol. The normalized spacial score (nSPS) is 15.5. The molecule has 8 heteroatoms. The predicted octanol–water partition coefficient (Wildman–Crippen LogP) is 3.96. The van der Waals surface area contributed by atoms with E-state index < -0.39 is 17.4 Å². The quantitative estimate of drug-likeness (QED) is 0.859. The molecule has 7 nitrogen and oxygen atoms in total. The smallest absolute Gasteiger partial charge is 0.410 e. The molecule has 150 valence electrons. The molecule has 0 aliphatic carbocycles. The molecule has 1 aromatic carbocycles. The molecule has 1 aliphatic rings. The van der Waals surface area contributed by atoms with Gasteiger partial charge in [0, 0.05) is 24.8 Å². The fraction of sp³-hybridized carbons (Fsp3) is 0.450. The molecule has 0 unspecified atom stereocenters. The van der Waals surface area contributed by atoms with Crippen molar-refractivity contribution in [2.24, 2.45) is 0 Å². The highest BCUT2D eigenvalue weighted by atomic mass is 19.1. The topological polar surface area (TPSA) is 84.7 Å². The second-order valence-corrected chi connectivity index (χ2v) is 7.91. The third-order valence-electron chi connectivity index (χ3n) is 4.62. The van der Waals surface area contributed by atoms with Crippen LogP contribution in [-0.4, -0.2) is 50.5 Å². The number of ether oxygens (including phenoxy) is 1. The fourth-order valence-electron chi connectivity index (χ4n) is 3.19. The maximum Gasteiger partial charge on any atom is 0.410 e. The van der Waals surface area contributed by atoms with Crippen molar-refractivity contribution in [3.05, 3.63) is 42.0 Å². The van der Waals surface area contributed by atoms with Crippen LogP contribution in [0.5, 0.6) is 0 Å². The number of hydrogen-bond acceptors (Lipinski definition) is 4. The molecule has 1 N–H and O–H groups in total. The number of aromatic nitrogens is 2. The third-order valence-corrected chi connectivity index (χ3v) is 4.62. The maximum absolute atomic E-state index is 13.6. The van der Waals surface area contributed by atoms with E-state index >= 15 is 0 Å². The number of rotatable bonds is 3. The minimum atomic E-state index is -1.30. The van der Waals surface area contributed by atoms with Crippen LogP contribution in [0.3, 0.4) is 0 Å². The Morgan fingerprint density at radius 3 is 2.50 bits per heavy atom. The molecule has 2 heterocycles. The lowest BCUT2D eigenvalue weighted by molar-refractivity contribution is 0.0184. The number of carbonyl (C=O) groups is 2. The van der Waals surface area contributed by atoms with E-state index in [4.69, 9.17) is 9.84 Å². The zero-order chi connectivity index (χ0) is 20.5. The van der Waals surface area contributed by atoms with E-state index in [1.165, 1.54) is 12.1 Å². The van der Waals surface area contributed by atoms with Gasteiger partial charge in [-0.15, -0.1) is 0 Å². The van der Waals surface area contributed by atoms with Crippen LogP contribution in [0.2, 0.25) is 0 Å². The lowest BCUT2D eigenvalue weighted by Crippen LogP contribution is -2.42. The Morgan fingerprint density at radius 2 is 1.89 bits per heavy atom. The lowest BCUT2D eigenvalue weighted by atomic mass is 10.0. The summed E-state index contributed by atoms with van der Waals surface area (Å²) < 4.78 is 20.8. The number of piperidine rings is 1. The van der Waals surface area contributed by atoms with Gasteiger partial charge in [0.15, 0.2) is 0 Å². The Bertz CT molecular complexity index is 880. The molecule has 1 amide bonds. The molecule has 1 aliphatic heterocycles. The Morgan fingerprint density at radius 1 is 1.21 bits per heavy atom. The first-order chi connectivity index (χ1) is 13.1. The van der Waals surface area contributed by atoms with Crippen LogP contribution in [0, 0.1) is 5.82 Å². The molecule has 28 heavy (non-hydrogen) atoms. The number of hydrogen-bond donors (Lipinski definition) is 1. The minimum Gasteiger partial charge on any atom is -0.478 e. The first-order valence-corrected chi connectivity index (χ1v) is 9.19. The van der Waals surface area contributed by atoms with E-state index in [0.717, 1.165) is 24.5 Å². The summed E-state index contributed by atoms with van der Waals surface area (Å²) in [5.74, 6) is -2.07. The summed E-state index contributed by atoms with van der Waals surface area (Å²) in [7, 11) is 0. The average Bonchev–Trinajstić information content (AvgIpc) is 3.10. The molecule has 0 spiro atoms. The van der Waals surface area contributed by atoms with E-state index in [-0.39, 0.29) is 17.7 Å². The van der Waals surface area contributed by atoms with E-state index in [0.29, 0.717) is 18.7 Å². The Kier molecular flexibility index (Phi) is 5.40. The molecule has 0 bridgehead atoms. The number of amides is 1. The van der Waals surface area contributed by atoms with Gasteiger partial charge >= 0.3 is 12.1 Å². The highest BCUT2D eigenvalue weighted by Crippen LogP contribution is 2.27. The van der Waals surface area contributed by atoms with E-state index in [9.17, 15) is 14.0 Å². The summed E-state index contributed by atoms with van der Waals surface area (Å²) in [4.78, 5) is 25.0. The SMILES string of the molecule is CC(C)(C)OC(=O)N1CCC(n2cc(-c3ccc(F)c(C(=O)O)c3)cn2)CC1. The number of carbonyl (C=O) groups excluding carboxylic acids is 1. The van der Waals surface area contributed by atoms with Gasteiger partial charge in [0.05, 0.1) is 17.8 Å². The van der Waals surface area contributed by atoms with Crippen molar-refractivity contribution in [2.45, 2.75) is 45.3 Å². The molecule has 0 saturated carbocycles. The van der Waals surface area contributed by atoms with Gasteiger partial charge in [-0.3, -0.25) is 4.68 Å². The zero-order valence-corrected chi connectivity index (χ0v) is 16.2. The van der Waals surface area contributed by atoms with Gasteiger partial charge in [-0.1, -0.05) is 6.07 Å². The molecule has 1 fully saturated rings. The summed E-state index contributed by atoms with van der Waals surface area (Å²) in [5, 5.41) is 13.5. The second kappa shape index (κ2) is 7.61. The highest BCUT2D eigenvalue weighted by Gasteiger charge is 2.28. The summed E-state index contributed by atoms with van der Waals surface area (Å²) in [6.07, 6.45) is 4.64. The van der Waals surface area contributed by atoms with Crippen LogP contribution >= 0.6 is 0 Å². The molecule has 1 aromatic heterocycles. The average molecular weight is 389 g/mol. The van der Waals surface area contributed by atoms with Crippen molar-refractivity contribution in [1.82, 2.24) is 14.7 Å². The molecule has 2 aromatic rings. The Labute approximate surface area is 162 Å². The highest BCUT2D eigenvalue weighted by molar-refractivity contribution is 5.89. The fourth-order valence-corrected chi connectivity index (χ4v) is 3.19. The standard InChI is InChI=1S/C20H24FN3O4/c1-20(2,3)28-19(27)23-8-6-15(7-9-23)24-12-14(11-22-24)13-4-5-17(21)16(10-13)18(25)26/h4-5,10-12,15H,6-9H2,1-3H3,(H,25,26). The van der Waals surface area contributed by atoms with E-state index in [1.807, 2.05) is 31.6 Å². The summed E-state index contributed by atoms with van der Waals surface area (Å²) in [5.41, 5.74) is 0.429. The van der Waals surface area contributed by atoms with Gasteiger partial charge in [0.25, 0.3) is 0 Å². The molecule has 0 radical (unpaired) electrons. The number of aromatic carboxylic acids is 1. The van der Waals surface area contributed by atoms with Crippen LogP contribution in [0.4, 0.5) is 9.18 Å². The first kappa shape index (κ1) is 19.9. The van der Waals surface area contributed by atoms with Crippen molar-refractivity contribution < 1.29 is 23.8 Å². The van der Waals surface area contributed by atoms with Crippen molar-refractivity contribution in [1.29, 1.82) is 0 Å². The largest absolute Gasteiger partial charge is 0.478 e. The summed E-state index contributed by atoms with van der Waals surface area (Å²) in [6.45, 7) is 6.68. The molecule has 1 saturated heterocycles. The number of carboxylic acids is 1. The van der Waals surface area contributed by atoms with Gasteiger partial charge in [-0.2, -0.15) is 5.10 Å². The zero-order valence-electron chi connectivity index (χ0n) is 16.2. The van der Waals surface area contributed by atoms with Gasteiger partial charge in [-0.25, -0.2) is 14.0 Å². The molecular weight excluding hydrogens is 365 g/mol. The van der Waals surface area contributed by atoms with Crippen LogP contribution in [0.15, 0.2) is 30.6 Å². The van der Waals surface area contributed by atoms with Gasteiger partial charge < -0.3 is 14.7 Å². The van der Waals surface area contributed by atoms with Crippen molar-refractivity contribution in [3.63, 3.8) is 0 Å². The molecule has 0 atom stereocenters. The van der Waals surface area contributed by atoms with E-state index in [2.05, 4.69) is 5.10 Å². The number of halogens is 1. The van der Waals surface area contributed by atoms with E-state index in [1.54, 1.807) is 11.1 Å². The summed E-state index contributed by atoms with van der Waals surface area (Å²) in [6, 6.07) is 4.13. The minimum absolute atomic E-state index is 0.131. The van der Waals surface area contributed by atoms with Crippen LogP contribution in [0.25, 0.3) is 11.1 Å². The van der Waals surface area contributed by atoms with Crippen molar-refractivity contribution in [2.75, 3.05) is 13.1 Å². The number of nitrogens with zero attached hydrogens (tertiary/aromatic N) is 3. The van der Waals surface area contributed by atoms with Crippen LogP contribution in [-0.2, 0) is 4.74 Å². The number of likely N-dealkylation sites (tertiary alicyclic amines) is 1. The van der Waals surface area contributed by atoms with Gasteiger partial charge in [-0.05, 0) is 51.3 Å². The number of benzene rings is 1. The van der Waals surface area contributed by atoms with Crippen molar-refractivity contribution >= 4 is 12.1 Å². The Balaban J connectivity index is 1.67. The Hall–Kier alpha value is -2.90. The second-order valence-electron chi connectivity index (χ2n) is 7.91. The van der Waals surface area contributed by atoms with Crippen molar-refractivity contribution in [3.8, 4) is 11.1 Å². The molecule has 3 rings (SSSR count). The van der Waals surface area contributed by atoms with Crippen LogP contribution < -0.4 is 0 Å². The number of carboxylic acid groups (broad SMARTS) is 1. The molecular formula is C20H24FN3O4. The first-order valence-electron chi connectivity index (χ1n) is 9.19. The maximum atomic E-state index is 13.6. The van der Waals surface area contributed by atoms with Gasteiger partial charge in [0.1, 0.15) is 11.4 Å².